The van der Waals surface area contributed by atoms with Crippen LogP contribution in [0.3, 0.4) is 0 Å². The summed E-state index contributed by atoms with van der Waals surface area (Å²) in [6, 6.07) is 0. The highest BCUT2D eigenvalue weighted by Gasteiger charge is 2.27. The molecule has 1 saturated heterocycles. The van der Waals surface area contributed by atoms with Crippen LogP contribution in [0.5, 0.6) is 0 Å². The van der Waals surface area contributed by atoms with E-state index in [0.29, 0.717) is 0 Å². The van der Waals surface area contributed by atoms with Crippen LogP contribution in [-0.2, 0) is 10.2 Å². The van der Waals surface area contributed by atoms with Crippen molar-refractivity contribution < 1.29 is 4.74 Å². The number of thioether (sulfide) groups is 1. The van der Waals surface area contributed by atoms with E-state index in [0.717, 1.165) is 52.0 Å². The van der Waals surface area contributed by atoms with Crippen LogP contribution in [0.15, 0.2) is 0 Å². The van der Waals surface area contributed by atoms with Gasteiger partial charge in [0.2, 0.25) is 0 Å². The predicted octanol–water partition coefficient (Wildman–Crippen LogP) is 4.01. The lowest BCUT2D eigenvalue weighted by Crippen LogP contribution is -2.24. The standard InChI is InChI=1S/C15H24IN3OS/c1-5-6-17-14-11(16)12(15(2,3)4)18-13(19-14)10-9-21-8-7-20-10/h10H,5-9H2,1-4H3,(H,17,18,19). The van der Waals surface area contributed by atoms with Crippen LogP contribution >= 0.6 is 34.4 Å². The molecule has 2 heterocycles. The molecule has 0 aromatic carbocycles. The first-order chi connectivity index (χ1) is 9.93. The zero-order chi connectivity index (χ0) is 15.5. The van der Waals surface area contributed by atoms with Crippen molar-refractivity contribution in [2.75, 3.05) is 30.0 Å². The van der Waals surface area contributed by atoms with Gasteiger partial charge in [0, 0.05) is 23.5 Å². The average molecular weight is 421 g/mol. The van der Waals surface area contributed by atoms with Gasteiger partial charge in [-0.25, -0.2) is 9.97 Å². The maximum Gasteiger partial charge on any atom is 0.160 e. The molecule has 0 amide bonds. The molecule has 1 atom stereocenters. The van der Waals surface area contributed by atoms with Crippen LogP contribution in [0, 0.1) is 3.57 Å². The van der Waals surface area contributed by atoms with E-state index in [1.54, 1.807) is 0 Å². The second-order valence-electron chi connectivity index (χ2n) is 6.20. The number of rotatable bonds is 4. The molecule has 0 bridgehead atoms. The molecular weight excluding hydrogens is 397 g/mol. The number of nitrogens with zero attached hydrogens (tertiary/aromatic N) is 2. The normalized spacial score (nSPS) is 19.6. The molecule has 1 N–H and O–H groups in total. The Morgan fingerprint density at radius 2 is 2.14 bits per heavy atom. The molecule has 1 aromatic heterocycles. The predicted molar refractivity (Wildman–Crippen MR) is 98.2 cm³/mol. The lowest BCUT2D eigenvalue weighted by atomic mass is 9.92. The average Bonchev–Trinajstić information content (AvgIpc) is 2.46. The molecule has 0 spiro atoms. The summed E-state index contributed by atoms with van der Waals surface area (Å²) in [7, 11) is 0. The Morgan fingerprint density at radius 1 is 1.38 bits per heavy atom. The maximum atomic E-state index is 5.85. The van der Waals surface area contributed by atoms with Gasteiger partial charge in [0.15, 0.2) is 5.82 Å². The van der Waals surface area contributed by atoms with E-state index in [-0.39, 0.29) is 11.5 Å². The third-order valence-corrected chi connectivity index (χ3v) is 5.24. The van der Waals surface area contributed by atoms with E-state index in [1.165, 1.54) is 0 Å². The summed E-state index contributed by atoms with van der Waals surface area (Å²) in [6.07, 6.45) is 1.10. The molecule has 1 aliphatic rings. The van der Waals surface area contributed by atoms with Gasteiger partial charge >= 0.3 is 0 Å². The van der Waals surface area contributed by atoms with Crippen molar-refractivity contribution in [1.29, 1.82) is 0 Å². The number of aromatic nitrogens is 2. The van der Waals surface area contributed by atoms with Gasteiger partial charge in [-0.3, -0.25) is 0 Å². The summed E-state index contributed by atoms with van der Waals surface area (Å²) in [5, 5.41) is 3.43. The van der Waals surface area contributed by atoms with E-state index < -0.39 is 0 Å². The molecule has 0 radical (unpaired) electrons. The second-order valence-corrected chi connectivity index (χ2v) is 8.43. The zero-order valence-corrected chi connectivity index (χ0v) is 16.2. The number of ether oxygens (including phenoxy) is 1. The van der Waals surface area contributed by atoms with E-state index in [1.807, 2.05) is 11.8 Å². The van der Waals surface area contributed by atoms with Gasteiger partial charge in [-0.2, -0.15) is 11.8 Å². The lowest BCUT2D eigenvalue weighted by Gasteiger charge is -2.26. The summed E-state index contributed by atoms with van der Waals surface area (Å²) < 4.78 is 6.98. The number of nitrogens with one attached hydrogen (secondary N) is 1. The van der Waals surface area contributed by atoms with Crippen LogP contribution in [0.4, 0.5) is 5.82 Å². The van der Waals surface area contributed by atoms with Gasteiger partial charge in [0.1, 0.15) is 11.9 Å². The fourth-order valence-electron chi connectivity index (χ4n) is 2.10. The summed E-state index contributed by atoms with van der Waals surface area (Å²) in [5.74, 6) is 3.78. The van der Waals surface area contributed by atoms with E-state index in [2.05, 4.69) is 55.6 Å². The Morgan fingerprint density at radius 3 is 2.71 bits per heavy atom. The first-order valence-corrected chi connectivity index (χ1v) is 9.68. The molecule has 1 unspecified atom stereocenters. The Labute approximate surface area is 145 Å². The zero-order valence-electron chi connectivity index (χ0n) is 13.2. The number of hydrogen-bond donors (Lipinski definition) is 1. The third kappa shape index (κ3) is 4.45. The molecule has 2 rings (SSSR count). The Hall–Kier alpha value is -0.0800. The van der Waals surface area contributed by atoms with Crippen molar-refractivity contribution in [2.24, 2.45) is 0 Å². The highest BCUT2D eigenvalue weighted by Crippen LogP contribution is 2.32. The van der Waals surface area contributed by atoms with Crippen molar-refractivity contribution in [2.45, 2.75) is 45.6 Å². The SMILES string of the molecule is CCCNc1nc(C2CSCCO2)nc(C(C)(C)C)c1I. The quantitative estimate of drug-likeness (QED) is 0.745. The van der Waals surface area contributed by atoms with E-state index in [4.69, 9.17) is 14.7 Å². The van der Waals surface area contributed by atoms with Gasteiger partial charge in [-0.05, 0) is 29.0 Å². The molecule has 6 heteroatoms. The van der Waals surface area contributed by atoms with E-state index >= 15 is 0 Å². The first kappa shape index (κ1) is 17.3. The highest BCUT2D eigenvalue weighted by molar-refractivity contribution is 14.1. The van der Waals surface area contributed by atoms with Crippen LogP contribution in [-0.4, -0.2) is 34.6 Å². The minimum atomic E-state index is -0.00132. The molecule has 1 aromatic rings. The Bertz CT molecular complexity index is 485. The summed E-state index contributed by atoms with van der Waals surface area (Å²) in [5.41, 5.74) is 1.10. The van der Waals surface area contributed by atoms with Gasteiger partial charge < -0.3 is 10.1 Å². The molecule has 1 aliphatic heterocycles. The maximum absolute atomic E-state index is 5.85. The van der Waals surface area contributed by atoms with Crippen LogP contribution < -0.4 is 5.32 Å². The number of halogens is 1. The van der Waals surface area contributed by atoms with Crippen LogP contribution in [0.1, 0.15) is 51.7 Å². The first-order valence-electron chi connectivity index (χ1n) is 7.44. The summed E-state index contributed by atoms with van der Waals surface area (Å²) >= 11 is 4.27. The fourth-order valence-corrected chi connectivity index (χ4v) is 4.18. The molecule has 21 heavy (non-hydrogen) atoms. The molecule has 1 fully saturated rings. The molecule has 0 saturated carbocycles. The van der Waals surface area contributed by atoms with Crippen molar-refractivity contribution in [3.8, 4) is 0 Å². The van der Waals surface area contributed by atoms with Gasteiger partial charge in [-0.1, -0.05) is 27.7 Å². The van der Waals surface area contributed by atoms with Gasteiger partial charge in [-0.15, -0.1) is 0 Å². The summed E-state index contributed by atoms with van der Waals surface area (Å²) in [6.45, 7) is 10.5. The topological polar surface area (TPSA) is 47.0 Å². The minimum absolute atomic E-state index is 0.00132. The minimum Gasteiger partial charge on any atom is -0.369 e. The van der Waals surface area contributed by atoms with Crippen molar-refractivity contribution in [1.82, 2.24) is 9.97 Å². The number of hydrogen-bond acceptors (Lipinski definition) is 5. The van der Waals surface area contributed by atoms with Crippen molar-refractivity contribution in [3.05, 3.63) is 15.1 Å². The fraction of sp³-hybridized carbons (Fsp3) is 0.733. The van der Waals surface area contributed by atoms with Gasteiger partial charge in [0.05, 0.1) is 15.9 Å². The third-order valence-electron chi connectivity index (χ3n) is 3.23. The smallest absolute Gasteiger partial charge is 0.160 e. The van der Waals surface area contributed by atoms with Crippen LogP contribution in [0.25, 0.3) is 0 Å². The Kier molecular flexibility index (Phi) is 6.14. The second kappa shape index (κ2) is 7.46. The molecule has 4 nitrogen and oxygen atoms in total. The molecule has 0 aliphatic carbocycles. The van der Waals surface area contributed by atoms with E-state index in [9.17, 15) is 0 Å². The van der Waals surface area contributed by atoms with Gasteiger partial charge in [0.25, 0.3) is 0 Å². The summed E-state index contributed by atoms with van der Waals surface area (Å²) in [4.78, 5) is 9.58. The lowest BCUT2D eigenvalue weighted by molar-refractivity contribution is 0.0692. The van der Waals surface area contributed by atoms with Crippen molar-refractivity contribution in [3.63, 3.8) is 0 Å². The molecule has 118 valence electrons. The Balaban J connectivity index is 2.39. The van der Waals surface area contributed by atoms with Crippen molar-refractivity contribution >= 4 is 40.2 Å². The molecular formula is C15H24IN3OS. The number of anilines is 1. The van der Waals surface area contributed by atoms with Crippen LogP contribution in [0.2, 0.25) is 0 Å². The monoisotopic (exact) mass is 421 g/mol. The largest absolute Gasteiger partial charge is 0.369 e. The highest BCUT2D eigenvalue weighted by atomic mass is 127.